The highest BCUT2D eigenvalue weighted by molar-refractivity contribution is 7.22. The molecule has 5 nitrogen and oxygen atoms in total. The number of hydrogen-bond donors (Lipinski definition) is 0. The highest BCUT2D eigenvalue weighted by Crippen LogP contribution is 2.31. The average Bonchev–Trinajstić information content (AvgIpc) is 3.27. The zero-order valence-electron chi connectivity index (χ0n) is 14.0. The Hall–Kier alpha value is -2.60. The molecular weight excluding hydrogens is 332 g/mol. The van der Waals surface area contributed by atoms with Crippen LogP contribution >= 0.6 is 11.3 Å². The summed E-state index contributed by atoms with van der Waals surface area (Å²) in [5, 5.41) is 1.11. The van der Waals surface area contributed by atoms with Crippen molar-refractivity contribution in [2.24, 2.45) is 0 Å². The van der Waals surface area contributed by atoms with Crippen molar-refractivity contribution in [2.45, 2.75) is 6.92 Å². The number of hydrogen-bond acceptors (Lipinski definition) is 6. The summed E-state index contributed by atoms with van der Waals surface area (Å²) in [6.45, 7) is 5.76. The lowest BCUT2D eigenvalue weighted by molar-refractivity contribution is 0.542. The standard InChI is InChI=1S/C19H18N4OS/c1-13-5-4-8-16-17(13)21-19(25-16)23-11-9-22(10-12-23)18-20-14-6-2-3-7-15(14)24-18/h2-8H,9-12H2,1H3. The minimum absolute atomic E-state index is 0.723. The van der Waals surface area contributed by atoms with E-state index < -0.39 is 0 Å². The molecular formula is C19H18N4OS. The third-order valence-corrected chi connectivity index (χ3v) is 5.79. The number of aromatic nitrogens is 2. The van der Waals surface area contributed by atoms with Crippen LogP contribution in [0.3, 0.4) is 0 Å². The van der Waals surface area contributed by atoms with Crippen LogP contribution in [0.4, 0.5) is 11.1 Å². The Morgan fingerprint density at radius 3 is 2.52 bits per heavy atom. The summed E-state index contributed by atoms with van der Waals surface area (Å²) in [5.41, 5.74) is 4.14. The van der Waals surface area contributed by atoms with Gasteiger partial charge in [-0.25, -0.2) is 4.98 Å². The summed E-state index contributed by atoms with van der Waals surface area (Å²) >= 11 is 1.78. The summed E-state index contributed by atoms with van der Waals surface area (Å²) in [6.07, 6.45) is 0. The zero-order chi connectivity index (χ0) is 16.8. The first-order valence-electron chi connectivity index (χ1n) is 8.49. The van der Waals surface area contributed by atoms with Gasteiger partial charge in [-0.1, -0.05) is 35.6 Å². The number of oxazole rings is 1. The molecule has 0 saturated carbocycles. The van der Waals surface area contributed by atoms with Gasteiger partial charge in [-0.05, 0) is 30.7 Å². The Balaban J connectivity index is 1.35. The van der Waals surface area contributed by atoms with E-state index in [1.165, 1.54) is 10.3 Å². The van der Waals surface area contributed by atoms with Gasteiger partial charge < -0.3 is 14.2 Å². The number of rotatable bonds is 2. The number of benzene rings is 2. The van der Waals surface area contributed by atoms with Crippen molar-refractivity contribution < 1.29 is 4.42 Å². The normalized spacial score (nSPS) is 15.4. The van der Waals surface area contributed by atoms with E-state index in [9.17, 15) is 0 Å². The maximum absolute atomic E-state index is 5.90. The monoisotopic (exact) mass is 350 g/mol. The molecule has 25 heavy (non-hydrogen) atoms. The maximum Gasteiger partial charge on any atom is 0.298 e. The molecule has 126 valence electrons. The van der Waals surface area contributed by atoms with Crippen LogP contribution in [0.5, 0.6) is 0 Å². The van der Waals surface area contributed by atoms with E-state index in [1.54, 1.807) is 11.3 Å². The Morgan fingerprint density at radius 1 is 0.920 bits per heavy atom. The fourth-order valence-electron chi connectivity index (χ4n) is 3.29. The van der Waals surface area contributed by atoms with Gasteiger partial charge in [0.1, 0.15) is 5.52 Å². The molecule has 0 atom stereocenters. The molecule has 0 radical (unpaired) electrons. The number of thiazole rings is 1. The molecule has 4 aromatic rings. The van der Waals surface area contributed by atoms with Crippen LogP contribution in [0, 0.1) is 6.92 Å². The summed E-state index contributed by atoms with van der Waals surface area (Å²) in [6, 6.07) is 15.0. The minimum atomic E-state index is 0.723. The summed E-state index contributed by atoms with van der Waals surface area (Å²) in [4.78, 5) is 14.0. The molecule has 0 amide bonds. The van der Waals surface area contributed by atoms with Crippen molar-refractivity contribution in [3.8, 4) is 0 Å². The van der Waals surface area contributed by atoms with Gasteiger partial charge in [-0.2, -0.15) is 4.98 Å². The lowest BCUT2D eigenvalue weighted by Gasteiger charge is -2.33. The molecule has 0 N–H and O–H groups in total. The number of para-hydroxylation sites is 3. The Morgan fingerprint density at radius 2 is 1.72 bits per heavy atom. The molecule has 1 fully saturated rings. The van der Waals surface area contributed by atoms with Crippen molar-refractivity contribution in [3.63, 3.8) is 0 Å². The summed E-state index contributed by atoms with van der Waals surface area (Å²) in [5.74, 6) is 0. The summed E-state index contributed by atoms with van der Waals surface area (Å²) < 4.78 is 7.16. The Kier molecular flexibility index (Phi) is 3.38. The molecule has 0 unspecified atom stereocenters. The number of anilines is 2. The van der Waals surface area contributed by atoms with Gasteiger partial charge in [0, 0.05) is 26.2 Å². The predicted molar refractivity (Wildman–Crippen MR) is 103 cm³/mol. The molecule has 1 aliphatic heterocycles. The molecule has 2 aromatic carbocycles. The first-order chi connectivity index (χ1) is 12.3. The van der Waals surface area contributed by atoms with Crippen LogP contribution in [0.1, 0.15) is 5.56 Å². The van der Waals surface area contributed by atoms with Crippen molar-refractivity contribution >= 4 is 43.8 Å². The van der Waals surface area contributed by atoms with E-state index in [0.29, 0.717) is 0 Å². The van der Waals surface area contributed by atoms with Crippen LogP contribution in [-0.4, -0.2) is 36.1 Å². The molecule has 0 aliphatic carbocycles. The van der Waals surface area contributed by atoms with Crippen molar-refractivity contribution in [1.29, 1.82) is 0 Å². The van der Waals surface area contributed by atoms with E-state index in [4.69, 9.17) is 9.40 Å². The van der Waals surface area contributed by atoms with E-state index in [0.717, 1.165) is 53.9 Å². The third-order valence-electron chi connectivity index (χ3n) is 4.71. The van der Waals surface area contributed by atoms with Gasteiger partial charge in [-0.3, -0.25) is 0 Å². The van der Waals surface area contributed by atoms with Crippen LogP contribution in [0.15, 0.2) is 46.9 Å². The lowest BCUT2D eigenvalue weighted by atomic mass is 10.2. The fraction of sp³-hybridized carbons (Fsp3) is 0.263. The van der Waals surface area contributed by atoms with Gasteiger partial charge in [-0.15, -0.1) is 0 Å². The van der Waals surface area contributed by atoms with Crippen molar-refractivity contribution in [2.75, 3.05) is 36.0 Å². The van der Waals surface area contributed by atoms with E-state index in [1.807, 2.05) is 24.3 Å². The summed E-state index contributed by atoms with van der Waals surface area (Å²) in [7, 11) is 0. The predicted octanol–water partition coefficient (Wildman–Crippen LogP) is 4.07. The number of aryl methyl sites for hydroxylation is 1. The third kappa shape index (κ3) is 2.53. The average molecular weight is 350 g/mol. The zero-order valence-corrected chi connectivity index (χ0v) is 14.8. The van der Waals surface area contributed by atoms with Crippen molar-refractivity contribution in [3.05, 3.63) is 48.0 Å². The van der Waals surface area contributed by atoms with E-state index in [-0.39, 0.29) is 0 Å². The van der Waals surface area contributed by atoms with Crippen molar-refractivity contribution in [1.82, 2.24) is 9.97 Å². The lowest BCUT2D eigenvalue weighted by Crippen LogP contribution is -2.46. The largest absolute Gasteiger partial charge is 0.423 e. The second-order valence-electron chi connectivity index (χ2n) is 6.36. The molecule has 1 saturated heterocycles. The van der Waals surface area contributed by atoms with Gasteiger partial charge >= 0.3 is 0 Å². The fourth-order valence-corrected chi connectivity index (χ4v) is 4.39. The van der Waals surface area contributed by atoms with Gasteiger partial charge in [0.25, 0.3) is 6.01 Å². The van der Waals surface area contributed by atoms with Crippen LogP contribution in [0.25, 0.3) is 21.3 Å². The van der Waals surface area contributed by atoms with Gasteiger partial charge in [0.15, 0.2) is 10.7 Å². The Bertz CT molecular complexity index is 1010. The van der Waals surface area contributed by atoms with Crippen LogP contribution in [0.2, 0.25) is 0 Å². The second kappa shape index (κ2) is 5.74. The molecule has 6 heteroatoms. The number of piperazine rings is 1. The molecule has 0 bridgehead atoms. The molecule has 0 spiro atoms. The highest BCUT2D eigenvalue weighted by Gasteiger charge is 2.23. The SMILES string of the molecule is Cc1cccc2sc(N3CCN(c4nc5ccccc5o4)CC3)nc12. The minimum Gasteiger partial charge on any atom is -0.423 e. The van der Waals surface area contributed by atoms with Gasteiger partial charge in [0.05, 0.1) is 10.2 Å². The quantitative estimate of drug-likeness (QED) is 0.545. The number of nitrogens with zero attached hydrogens (tertiary/aromatic N) is 4. The topological polar surface area (TPSA) is 45.4 Å². The second-order valence-corrected chi connectivity index (χ2v) is 7.37. The van der Waals surface area contributed by atoms with E-state index in [2.05, 4.69) is 39.9 Å². The molecule has 3 heterocycles. The molecule has 5 rings (SSSR count). The first kappa shape index (κ1) is 14.7. The highest BCUT2D eigenvalue weighted by atomic mass is 32.1. The Labute approximate surface area is 149 Å². The van der Waals surface area contributed by atoms with Crippen LogP contribution < -0.4 is 9.80 Å². The first-order valence-corrected chi connectivity index (χ1v) is 9.31. The maximum atomic E-state index is 5.90. The molecule has 1 aliphatic rings. The number of fused-ring (bicyclic) bond motifs is 2. The van der Waals surface area contributed by atoms with Gasteiger partial charge in [0.2, 0.25) is 0 Å². The smallest absolute Gasteiger partial charge is 0.298 e. The molecule has 2 aromatic heterocycles. The van der Waals surface area contributed by atoms with E-state index >= 15 is 0 Å². The van der Waals surface area contributed by atoms with Crippen LogP contribution in [-0.2, 0) is 0 Å².